The lowest BCUT2D eigenvalue weighted by Gasteiger charge is -2.20. The molecule has 2 N–H and O–H groups in total. The van der Waals surface area contributed by atoms with E-state index in [1.807, 2.05) is 13.8 Å². The lowest BCUT2D eigenvalue weighted by Crippen LogP contribution is -2.26. The zero-order valence-electron chi connectivity index (χ0n) is 20.2. The summed E-state index contributed by atoms with van der Waals surface area (Å²) in [7, 11) is 1.30. The van der Waals surface area contributed by atoms with Gasteiger partial charge in [-0.2, -0.15) is 8.78 Å². The van der Waals surface area contributed by atoms with Crippen LogP contribution in [0.5, 0.6) is 11.5 Å². The molecule has 1 aromatic heterocycles. The van der Waals surface area contributed by atoms with Gasteiger partial charge in [-0.15, -0.1) is 0 Å². The topological polar surface area (TPSA) is 77.4 Å². The molecule has 1 amide bonds. The molecule has 7 nitrogen and oxygen atoms in total. The predicted octanol–water partition coefficient (Wildman–Crippen LogP) is 5.51. The number of hydrogen-bond acceptors (Lipinski definition) is 5. The molecule has 1 aliphatic heterocycles. The maximum Gasteiger partial charge on any atom is 0.387 e. The van der Waals surface area contributed by atoms with E-state index in [1.165, 1.54) is 37.6 Å². The molecule has 1 fully saturated rings. The first-order valence-corrected chi connectivity index (χ1v) is 11.6. The van der Waals surface area contributed by atoms with E-state index < -0.39 is 29.8 Å². The van der Waals surface area contributed by atoms with Crippen LogP contribution in [-0.4, -0.2) is 42.3 Å². The van der Waals surface area contributed by atoms with Crippen LogP contribution in [0.3, 0.4) is 0 Å². The molecule has 0 radical (unpaired) electrons. The predicted molar refractivity (Wildman–Crippen MR) is 127 cm³/mol. The zero-order valence-corrected chi connectivity index (χ0v) is 20.2. The summed E-state index contributed by atoms with van der Waals surface area (Å²) in [6, 6.07) is 7.10. The highest BCUT2D eigenvalue weighted by Crippen LogP contribution is 2.31. The molecule has 1 saturated heterocycles. The van der Waals surface area contributed by atoms with Gasteiger partial charge in [0, 0.05) is 29.8 Å². The first-order valence-electron chi connectivity index (χ1n) is 11.6. The molecule has 2 aromatic carbocycles. The fourth-order valence-electron chi connectivity index (χ4n) is 3.82. The van der Waals surface area contributed by atoms with Gasteiger partial charge in [-0.05, 0) is 50.2 Å². The van der Waals surface area contributed by atoms with Crippen LogP contribution < -0.4 is 20.1 Å². The minimum absolute atomic E-state index is 0.00846. The van der Waals surface area contributed by atoms with Gasteiger partial charge in [-0.3, -0.25) is 14.7 Å². The Morgan fingerprint density at radius 1 is 1.08 bits per heavy atom. The third kappa shape index (κ3) is 6.34. The lowest BCUT2D eigenvalue weighted by atomic mass is 9.95. The van der Waals surface area contributed by atoms with Crippen LogP contribution in [0.2, 0.25) is 0 Å². The van der Waals surface area contributed by atoms with Gasteiger partial charge in [0.2, 0.25) is 5.95 Å². The summed E-state index contributed by atoms with van der Waals surface area (Å²) in [5.74, 6) is -2.55. The van der Waals surface area contributed by atoms with Crippen molar-refractivity contribution in [3.05, 3.63) is 65.5 Å². The molecule has 0 bridgehead atoms. The number of hydrogen-bond donors (Lipinski definition) is 2. The van der Waals surface area contributed by atoms with Crippen LogP contribution >= 0.6 is 0 Å². The van der Waals surface area contributed by atoms with Crippen molar-refractivity contribution in [2.75, 3.05) is 25.5 Å². The van der Waals surface area contributed by atoms with Gasteiger partial charge in [0.1, 0.15) is 17.2 Å². The largest absolute Gasteiger partial charge is 0.497 e. The number of nitrogens with one attached hydrogen (secondary N) is 2. The third-order valence-electron chi connectivity index (χ3n) is 5.52. The van der Waals surface area contributed by atoms with Crippen LogP contribution in [0.15, 0.2) is 42.6 Å². The van der Waals surface area contributed by atoms with Gasteiger partial charge >= 0.3 is 6.61 Å². The number of halogens is 4. The number of amides is 1. The van der Waals surface area contributed by atoms with E-state index >= 15 is 0 Å². The molecule has 194 valence electrons. The van der Waals surface area contributed by atoms with Crippen molar-refractivity contribution in [3.63, 3.8) is 0 Å². The molecule has 0 unspecified atom stereocenters. The Balaban J connectivity index is 0.00000176. The smallest absolute Gasteiger partial charge is 0.387 e. The van der Waals surface area contributed by atoms with Gasteiger partial charge in [0.05, 0.1) is 12.8 Å². The first-order chi connectivity index (χ1) is 17.4. The Hall–Kier alpha value is -3.60. The molecule has 0 atom stereocenters. The summed E-state index contributed by atoms with van der Waals surface area (Å²) in [5.41, 5.74) is 0.298. The number of alkyl halides is 2. The summed E-state index contributed by atoms with van der Waals surface area (Å²) >= 11 is 0. The van der Waals surface area contributed by atoms with Gasteiger partial charge in [0.15, 0.2) is 11.6 Å². The van der Waals surface area contributed by atoms with E-state index in [2.05, 4.69) is 20.4 Å². The average molecular weight is 509 g/mol. The van der Waals surface area contributed by atoms with E-state index in [0.29, 0.717) is 5.69 Å². The second-order valence-electron chi connectivity index (χ2n) is 7.68. The number of imidazole rings is 1. The number of rotatable bonds is 7. The SMILES string of the molecule is CC.COc1cc(F)c(-n2cc(C3CCNCC3)nc2NC(=O)c2ccc(OC(F)F)cc2)c(F)c1. The van der Waals surface area contributed by atoms with E-state index in [9.17, 15) is 22.4 Å². The van der Waals surface area contributed by atoms with Crippen molar-refractivity contribution in [3.8, 4) is 17.2 Å². The average Bonchev–Trinajstić information content (AvgIpc) is 3.28. The molecule has 36 heavy (non-hydrogen) atoms. The highest BCUT2D eigenvalue weighted by molar-refractivity contribution is 6.03. The summed E-state index contributed by atoms with van der Waals surface area (Å²) in [6.45, 7) is 2.56. The number of piperidine rings is 1. The molecule has 11 heteroatoms. The molecule has 4 rings (SSSR count). The summed E-state index contributed by atoms with van der Waals surface area (Å²) in [6.07, 6.45) is 3.08. The summed E-state index contributed by atoms with van der Waals surface area (Å²) in [4.78, 5) is 17.3. The van der Waals surface area contributed by atoms with Crippen molar-refractivity contribution in [2.45, 2.75) is 39.2 Å². The number of methoxy groups -OCH3 is 1. The van der Waals surface area contributed by atoms with Gasteiger partial charge in [-0.25, -0.2) is 13.8 Å². The lowest BCUT2D eigenvalue weighted by molar-refractivity contribution is -0.0498. The third-order valence-corrected chi connectivity index (χ3v) is 5.52. The summed E-state index contributed by atoms with van der Waals surface area (Å²) in [5, 5.41) is 5.81. The van der Waals surface area contributed by atoms with Gasteiger partial charge in [-0.1, -0.05) is 13.8 Å². The van der Waals surface area contributed by atoms with E-state index in [-0.39, 0.29) is 28.9 Å². The zero-order chi connectivity index (χ0) is 26.2. The van der Waals surface area contributed by atoms with E-state index in [0.717, 1.165) is 42.6 Å². The molecular formula is C25H28F4N4O3. The summed E-state index contributed by atoms with van der Waals surface area (Å²) < 4.78 is 64.8. The fourth-order valence-corrected chi connectivity index (χ4v) is 3.82. The van der Waals surface area contributed by atoms with Crippen LogP contribution in [0.1, 0.15) is 48.7 Å². The molecule has 0 aliphatic carbocycles. The van der Waals surface area contributed by atoms with Gasteiger partial charge < -0.3 is 14.8 Å². The van der Waals surface area contributed by atoms with Crippen LogP contribution in [0, 0.1) is 11.6 Å². The second-order valence-corrected chi connectivity index (χ2v) is 7.68. The standard InChI is InChI=1S/C23H22F4N4O3.C2H6/c1-33-16-10-17(24)20(18(25)11-16)31-12-19(13-6-8-28-9-7-13)29-23(31)30-21(32)14-2-4-15(5-3-14)34-22(26)27;1-2/h2-5,10-13,22,28H,6-9H2,1H3,(H,29,30,32);1-2H3. The van der Waals surface area contributed by atoms with Crippen LogP contribution in [0.4, 0.5) is 23.5 Å². The van der Waals surface area contributed by atoms with Crippen molar-refractivity contribution >= 4 is 11.9 Å². The molecule has 1 aliphatic rings. The van der Waals surface area contributed by atoms with E-state index in [4.69, 9.17) is 4.74 Å². The Morgan fingerprint density at radius 2 is 1.69 bits per heavy atom. The number of benzene rings is 2. The van der Waals surface area contributed by atoms with Gasteiger partial charge in [0.25, 0.3) is 5.91 Å². The normalized spacial score (nSPS) is 13.7. The van der Waals surface area contributed by atoms with Crippen LogP contribution in [-0.2, 0) is 0 Å². The number of carbonyl (C=O) groups excluding carboxylic acids is 1. The molecule has 2 heterocycles. The monoisotopic (exact) mass is 508 g/mol. The van der Waals surface area contributed by atoms with Crippen molar-refractivity contribution in [1.29, 1.82) is 0 Å². The Kier molecular flexibility index (Phi) is 9.29. The number of aromatic nitrogens is 2. The minimum atomic E-state index is -2.99. The molecular weight excluding hydrogens is 480 g/mol. The van der Waals surface area contributed by atoms with Crippen molar-refractivity contribution < 1.29 is 31.8 Å². The highest BCUT2D eigenvalue weighted by atomic mass is 19.3. The molecule has 0 saturated carbocycles. The Morgan fingerprint density at radius 3 is 2.25 bits per heavy atom. The Bertz CT molecular complexity index is 1140. The number of nitrogens with zero attached hydrogens (tertiary/aromatic N) is 2. The first kappa shape index (κ1) is 27.0. The van der Waals surface area contributed by atoms with E-state index in [1.54, 1.807) is 0 Å². The number of carbonyl (C=O) groups is 1. The number of ether oxygens (including phenoxy) is 2. The quantitative estimate of drug-likeness (QED) is 0.412. The molecule has 0 spiro atoms. The molecule has 3 aromatic rings. The van der Waals surface area contributed by atoms with Crippen molar-refractivity contribution in [1.82, 2.24) is 14.9 Å². The number of anilines is 1. The maximum absolute atomic E-state index is 14.9. The highest BCUT2D eigenvalue weighted by Gasteiger charge is 2.24. The minimum Gasteiger partial charge on any atom is -0.497 e. The van der Waals surface area contributed by atoms with Crippen molar-refractivity contribution in [2.24, 2.45) is 0 Å². The maximum atomic E-state index is 14.9. The Labute approximate surface area is 206 Å². The van der Waals surface area contributed by atoms with Crippen LogP contribution in [0.25, 0.3) is 5.69 Å². The fraction of sp³-hybridized carbons (Fsp3) is 0.360. The second kappa shape index (κ2) is 12.4.